The average molecular weight is 234 g/mol. The highest BCUT2D eigenvalue weighted by Gasteiger charge is 2.14. The van der Waals surface area contributed by atoms with E-state index in [9.17, 15) is 0 Å². The van der Waals surface area contributed by atoms with Crippen molar-refractivity contribution in [3.63, 3.8) is 0 Å². The zero-order valence-electron chi connectivity index (χ0n) is 10.4. The van der Waals surface area contributed by atoms with Crippen LogP contribution in [-0.2, 0) is 6.42 Å². The van der Waals surface area contributed by atoms with E-state index in [1.807, 2.05) is 12.1 Å². The fraction of sp³-hybridized carbons (Fsp3) is 0.286. The first-order chi connectivity index (χ1) is 8.28. The molecule has 0 saturated heterocycles. The van der Waals surface area contributed by atoms with Gasteiger partial charge in [0.2, 0.25) is 0 Å². The number of methoxy groups -OCH3 is 2. The van der Waals surface area contributed by atoms with Crippen LogP contribution in [0.2, 0.25) is 0 Å². The molecule has 0 aliphatic heterocycles. The summed E-state index contributed by atoms with van der Waals surface area (Å²) in [5.74, 6) is 2.15. The molecule has 0 N–H and O–H groups in total. The van der Waals surface area contributed by atoms with Crippen molar-refractivity contribution in [2.45, 2.75) is 6.42 Å². The Morgan fingerprint density at radius 1 is 1.06 bits per heavy atom. The Morgan fingerprint density at radius 2 is 1.76 bits per heavy atom. The van der Waals surface area contributed by atoms with Crippen LogP contribution >= 0.6 is 0 Å². The van der Waals surface area contributed by atoms with Crippen LogP contribution in [-0.4, -0.2) is 20.8 Å². The molecule has 1 aromatic carbocycles. The van der Waals surface area contributed by atoms with Gasteiger partial charge < -0.3 is 14.2 Å². The Hall–Kier alpha value is -1.90. The molecule has 92 valence electrons. The van der Waals surface area contributed by atoms with Crippen molar-refractivity contribution in [1.82, 2.24) is 0 Å². The van der Waals surface area contributed by atoms with Gasteiger partial charge in [-0.1, -0.05) is 18.7 Å². The lowest BCUT2D eigenvalue weighted by Crippen LogP contribution is -2.01. The maximum atomic E-state index is 5.58. The van der Waals surface area contributed by atoms with Gasteiger partial charge >= 0.3 is 0 Å². The second kappa shape index (κ2) is 6.63. The summed E-state index contributed by atoms with van der Waals surface area (Å²) in [6.07, 6.45) is 4.17. The third-order valence-electron chi connectivity index (χ3n) is 2.31. The van der Waals surface area contributed by atoms with E-state index in [0.29, 0.717) is 24.5 Å². The highest BCUT2D eigenvalue weighted by molar-refractivity contribution is 5.54. The molecule has 0 spiro atoms. The standard InChI is InChI=1S/C14H18O3/c1-5-7-11-12(17-10-6-2)8-9-13(15-3)14(11)16-4/h5-6,8-9H,1-2,7,10H2,3-4H3. The first-order valence-electron chi connectivity index (χ1n) is 5.36. The summed E-state index contributed by atoms with van der Waals surface area (Å²) in [6.45, 7) is 7.82. The van der Waals surface area contributed by atoms with Gasteiger partial charge in [0.15, 0.2) is 11.5 Å². The molecule has 0 aromatic heterocycles. The van der Waals surface area contributed by atoms with Crippen LogP contribution in [0.25, 0.3) is 0 Å². The van der Waals surface area contributed by atoms with E-state index < -0.39 is 0 Å². The van der Waals surface area contributed by atoms with Gasteiger partial charge in [0.1, 0.15) is 12.4 Å². The second-order valence-electron chi connectivity index (χ2n) is 3.37. The normalized spacial score (nSPS) is 9.53. The minimum Gasteiger partial charge on any atom is -0.493 e. The van der Waals surface area contributed by atoms with E-state index in [-0.39, 0.29) is 0 Å². The number of hydrogen-bond acceptors (Lipinski definition) is 3. The fourth-order valence-corrected chi connectivity index (χ4v) is 1.59. The summed E-state index contributed by atoms with van der Waals surface area (Å²) in [5.41, 5.74) is 0.934. The van der Waals surface area contributed by atoms with Crippen LogP contribution in [0.15, 0.2) is 37.4 Å². The smallest absolute Gasteiger partial charge is 0.167 e. The summed E-state index contributed by atoms with van der Waals surface area (Å²) in [6, 6.07) is 3.69. The predicted molar refractivity (Wildman–Crippen MR) is 69.1 cm³/mol. The van der Waals surface area contributed by atoms with Gasteiger partial charge in [-0.15, -0.1) is 6.58 Å². The zero-order valence-corrected chi connectivity index (χ0v) is 10.4. The molecular weight excluding hydrogens is 216 g/mol. The molecule has 17 heavy (non-hydrogen) atoms. The number of allylic oxidation sites excluding steroid dienone is 1. The third kappa shape index (κ3) is 3.03. The highest BCUT2D eigenvalue weighted by atomic mass is 16.5. The van der Waals surface area contributed by atoms with Gasteiger partial charge in [-0.05, 0) is 18.6 Å². The van der Waals surface area contributed by atoms with E-state index in [0.717, 1.165) is 11.3 Å². The minimum absolute atomic E-state index is 0.458. The van der Waals surface area contributed by atoms with Crippen molar-refractivity contribution < 1.29 is 14.2 Å². The van der Waals surface area contributed by atoms with Gasteiger partial charge in [0, 0.05) is 5.56 Å². The van der Waals surface area contributed by atoms with Crippen LogP contribution in [0, 0.1) is 0 Å². The molecule has 0 aliphatic rings. The molecule has 0 amide bonds. The quantitative estimate of drug-likeness (QED) is 0.679. The van der Waals surface area contributed by atoms with E-state index in [2.05, 4.69) is 13.2 Å². The van der Waals surface area contributed by atoms with Gasteiger partial charge in [-0.2, -0.15) is 0 Å². The van der Waals surface area contributed by atoms with E-state index in [1.54, 1.807) is 26.4 Å². The first-order valence-corrected chi connectivity index (χ1v) is 5.36. The van der Waals surface area contributed by atoms with Crippen LogP contribution in [0.4, 0.5) is 0 Å². The molecule has 0 radical (unpaired) electrons. The lowest BCUT2D eigenvalue weighted by molar-refractivity contribution is 0.334. The molecule has 0 aliphatic carbocycles. The molecule has 0 atom stereocenters. The van der Waals surface area contributed by atoms with Crippen molar-refractivity contribution in [2.24, 2.45) is 0 Å². The Bertz CT molecular complexity index is 397. The molecule has 3 heteroatoms. The Balaban J connectivity index is 3.19. The molecule has 3 nitrogen and oxygen atoms in total. The van der Waals surface area contributed by atoms with Crippen LogP contribution in [0.1, 0.15) is 5.56 Å². The topological polar surface area (TPSA) is 27.7 Å². The molecule has 0 fully saturated rings. The van der Waals surface area contributed by atoms with E-state index >= 15 is 0 Å². The van der Waals surface area contributed by atoms with Crippen molar-refractivity contribution in [2.75, 3.05) is 20.8 Å². The third-order valence-corrected chi connectivity index (χ3v) is 2.31. The summed E-state index contributed by atoms with van der Waals surface area (Å²) in [5, 5.41) is 0. The summed E-state index contributed by atoms with van der Waals surface area (Å²) >= 11 is 0. The predicted octanol–water partition coefficient (Wildman–Crippen LogP) is 3.00. The average Bonchev–Trinajstić information content (AvgIpc) is 2.37. The lowest BCUT2D eigenvalue weighted by atomic mass is 10.1. The SMILES string of the molecule is C=CCOc1ccc(OC)c(OC)c1CC=C. The van der Waals surface area contributed by atoms with Crippen LogP contribution < -0.4 is 14.2 Å². The van der Waals surface area contributed by atoms with Crippen LogP contribution in [0.3, 0.4) is 0 Å². The summed E-state index contributed by atoms with van der Waals surface area (Å²) in [4.78, 5) is 0. The molecule has 0 heterocycles. The molecule has 1 aromatic rings. The largest absolute Gasteiger partial charge is 0.493 e. The van der Waals surface area contributed by atoms with Crippen molar-refractivity contribution in [1.29, 1.82) is 0 Å². The molecule has 0 saturated carbocycles. The number of rotatable bonds is 7. The minimum atomic E-state index is 0.458. The van der Waals surface area contributed by atoms with E-state index in [1.165, 1.54) is 0 Å². The first kappa shape index (κ1) is 13.2. The molecule has 0 unspecified atom stereocenters. The zero-order chi connectivity index (χ0) is 12.7. The van der Waals surface area contributed by atoms with E-state index in [4.69, 9.17) is 14.2 Å². The van der Waals surface area contributed by atoms with Gasteiger partial charge in [-0.3, -0.25) is 0 Å². The Labute approximate surface area is 102 Å². The summed E-state index contributed by atoms with van der Waals surface area (Å²) in [7, 11) is 3.22. The maximum absolute atomic E-state index is 5.58. The second-order valence-corrected chi connectivity index (χ2v) is 3.37. The Kier molecular flexibility index (Phi) is 5.14. The molecule has 1 rings (SSSR count). The van der Waals surface area contributed by atoms with Gasteiger partial charge in [0.25, 0.3) is 0 Å². The summed E-state index contributed by atoms with van der Waals surface area (Å²) < 4.78 is 16.2. The van der Waals surface area contributed by atoms with Crippen molar-refractivity contribution in [3.8, 4) is 17.2 Å². The lowest BCUT2D eigenvalue weighted by Gasteiger charge is -2.15. The van der Waals surface area contributed by atoms with Crippen LogP contribution in [0.5, 0.6) is 17.2 Å². The monoisotopic (exact) mass is 234 g/mol. The van der Waals surface area contributed by atoms with Gasteiger partial charge in [-0.25, -0.2) is 0 Å². The van der Waals surface area contributed by atoms with Gasteiger partial charge in [0.05, 0.1) is 14.2 Å². The number of ether oxygens (including phenoxy) is 3. The molecule has 0 bridgehead atoms. The molecular formula is C14H18O3. The number of hydrogen-bond donors (Lipinski definition) is 0. The van der Waals surface area contributed by atoms with Crippen molar-refractivity contribution in [3.05, 3.63) is 43.0 Å². The Morgan fingerprint density at radius 3 is 2.29 bits per heavy atom. The maximum Gasteiger partial charge on any atom is 0.167 e. The highest BCUT2D eigenvalue weighted by Crippen LogP contribution is 2.37. The fourth-order valence-electron chi connectivity index (χ4n) is 1.59. The number of benzene rings is 1. The van der Waals surface area contributed by atoms with Crippen molar-refractivity contribution >= 4 is 0 Å².